The molecule has 0 aromatic heterocycles. The molecule has 4 fully saturated rings. The fourth-order valence-electron chi connectivity index (χ4n) is 7.66. The molecule has 1 aliphatic heterocycles. The van der Waals surface area contributed by atoms with E-state index in [9.17, 15) is 4.79 Å². The number of carbonyl (C=O) groups excluding carboxylic acids is 1. The van der Waals surface area contributed by atoms with Crippen molar-refractivity contribution in [1.82, 2.24) is 0 Å². The van der Waals surface area contributed by atoms with Crippen LogP contribution in [0.2, 0.25) is 0 Å². The minimum absolute atomic E-state index is 0.130. The average molecular weight is 426 g/mol. The van der Waals surface area contributed by atoms with Crippen LogP contribution in [0.5, 0.6) is 11.5 Å². The average Bonchev–Trinajstić information content (AvgIpc) is 3.67. The van der Waals surface area contributed by atoms with Crippen molar-refractivity contribution in [2.45, 2.75) is 63.1 Å². The van der Waals surface area contributed by atoms with E-state index in [2.05, 4.69) is 32.2 Å². The second-order valence-electron chi connectivity index (χ2n) is 10.4. The van der Waals surface area contributed by atoms with E-state index in [1.165, 1.54) is 36.8 Å². The van der Waals surface area contributed by atoms with E-state index in [4.69, 9.17) is 19.9 Å². The predicted octanol–water partition coefficient (Wildman–Crippen LogP) is 4.02. The van der Waals surface area contributed by atoms with Crippen LogP contribution >= 0.6 is 0 Å². The first-order valence-corrected chi connectivity index (χ1v) is 11.6. The summed E-state index contributed by atoms with van der Waals surface area (Å²) in [4.78, 5) is 9.98. The summed E-state index contributed by atoms with van der Waals surface area (Å²) in [7, 11) is 3.61. The fraction of sp³-hybridized carbons (Fsp3) is 0.654. The monoisotopic (exact) mass is 425 g/mol. The summed E-state index contributed by atoms with van der Waals surface area (Å²) in [5.74, 6) is 4.32. The molecule has 7 rings (SSSR count). The molecule has 5 aliphatic carbocycles. The zero-order valence-corrected chi connectivity index (χ0v) is 19.0. The Morgan fingerprint density at radius 3 is 2.55 bits per heavy atom. The Hall–Kier alpha value is -2.01. The van der Waals surface area contributed by atoms with Crippen LogP contribution in [0.3, 0.4) is 0 Å². The summed E-state index contributed by atoms with van der Waals surface area (Å²) < 4.78 is 18.2. The molecule has 31 heavy (non-hydrogen) atoms. The molecule has 7 atom stereocenters. The Morgan fingerprint density at radius 2 is 1.97 bits per heavy atom. The second kappa shape index (κ2) is 6.99. The zero-order chi connectivity index (χ0) is 22.1. The van der Waals surface area contributed by atoms with E-state index in [-0.39, 0.29) is 29.4 Å². The summed E-state index contributed by atoms with van der Waals surface area (Å²) in [5.41, 5.74) is 8.67. The molecule has 1 amide bonds. The first-order valence-electron chi connectivity index (χ1n) is 11.6. The van der Waals surface area contributed by atoms with Gasteiger partial charge in [-0.1, -0.05) is 13.0 Å². The van der Waals surface area contributed by atoms with Crippen LogP contribution in [0.25, 0.3) is 0 Å². The lowest BCUT2D eigenvalue weighted by molar-refractivity contribution is -0.119. The van der Waals surface area contributed by atoms with Crippen LogP contribution < -0.4 is 15.2 Å². The largest absolute Gasteiger partial charge is 0.493 e. The molecule has 1 aromatic carbocycles. The van der Waals surface area contributed by atoms with Crippen LogP contribution in [0.15, 0.2) is 25.3 Å². The van der Waals surface area contributed by atoms with Crippen LogP contribution in [-0.4, -0.2) is 32.3 Å². The number of methoxy groups -OCH3 is 2. The third-order valence-corrected chi connectivity index (χ3v) is 8.97. The van der Waals surface area contributed by atoms with Crippen molar-refractivity contribution in [2.24, 2.45) is 34.8 Å². The standard InChI is InChI=1S/C20H24O3.C4H7NO.C2H4/c1-10-6-12-13-8-19(13)7-11-4-5-14(21-2)17-15(11)20(12,9-19)18(23-17)16(10)22-3;5-4(6)3-1-2-3;1-2/h4-5,10,12-13,16,18H,6-9H2,1-3H3;3H,1-2H2,(H2,5,6);1-2H2/t10-,12?,13?,16?,18+,19?,20?;;/m1../s1. The van der Waals surface area contributed by atoms with Gasteiger partial charge >= 0.3 is 0 Å². The Balaban J connectivity index is 0.000000220. The summed E-state index contributed by atoms with van der Waals surface area (Å²) in [6.45, 7) is 8.35. The minimum Gasteiger partial charge on any atom is -0.493 e. The molecule has 6 aliphatic rings. The lowest BCUT2D eigenvalue weighted by atomic mass is 9.55. The number of hydrogen-bond acceptors (Lipinski definition) is 4. The molecule has 0 radical (unpaired) electrons. The van der Waals surface area contributed by atoms with Gasteiger partial charge in [-0.25, -0.2) is 0 Å². The van der Waals surface area contributed by atoms with Crippen LogP contribution in [0.1, 0.15) is 50.2 Å². The number of primary amides is 1. The van der Waals surface area contributed by atoms with Gasteiger partial charge in [0.05, 0.1) is 13.2 Å². The smallest absolute Gasteiger partial charge is 0.220 e. The van der Waals surface area contributed by atoms with Gasteiger partial charge in [0.25, 0.3) is 0 Å². The van der Waals surface area contributed by atoms with Gasteiger partial charge in [0.2, 0.25) is 5.91 Å². The number of carbonyl (C=O) groups is 1. The van der Waals surface area contributed by atoms with Gasteiger partial charge < -0.3 is 19.9 Å². The molecule has 2 bridgehead atoms. The van der Waals surface area contributed by atoms with Gasteiger partial charge in [0.15, 0.2) is 11.5 Å². The Bertz CT molecular complexity index is 911. The van der Waals surface area contributed by atoms with Gasteiger partial charge in [-0.3, -0.25) is 4.79 Å². The van der Waals surface area contributed by atoms with Crippen LogP contribution in [0.4, 0.5) is 0 Å². The number of amides is 1. The summed E-state index contributed by atoms with van der Waals surface area (Å²) in [5, 5.41) is 0. The van der Waals surface area contributed by atoms with E-state index in [1.54, 1.807) is 7.11 Å². The topological polar surface area (TPSA) is 70.8 Å². The molecule has 168 valence electrons. The number of fused-ring (bicyclic) bond motifs is 1. The lowest BCUT2D eigenvalue weighted by Crippen LogP contribution is -2.57. The summed E-state index contributed by atoms with van der Waals surface area (Å²) in [6, 6.07) is 4.42. The fourth-order valence-corrected chi connectivity index (χ4v) is 7.66. The predicted molar refractivity (Wildman–Crippen MR) is 119 cm³/mol. The van der Waals surface area contributed by atoms with Gasteiger partial charge in [-0.2, -0.15) is 0 Å². The molecular weight excluding hydrogens is 390 g/mol. The van der Waals surface area contributed by atoms with Crippen molar-refractivity contribution in [3.05, 3.63) is 36.4 Å². The lowest BCUT2D eigenvalue weighted by Gasteiger charge is -2.50. The Labute approximate surface area is 185 Å². The normalized spacial score (nSPS) is 41.3. The van der Waals surface area contributed by atoms with Crippen molar-refractivity contribution in [2.75, 3.05) is 14.2 Å². The highest BCUT2D eigenvalue weighted by molar-refractivity contribution is 5.78. The van der Waals surface area contributed by atoms with Crippen molar-refractivity contribution in [1.29, 1.82) is 0 Å². The highest BCUT2D eigenvalue weighted by atomic mass is 16.6. The molecule has 5 nitrogen and oxygen atoms in total. The van der Waals surface area contributed by atoms with E-state index in [0.29, 0.717) is 11.3 Å². The second-order valence-corrected chi connectivity index (χ2v) is 10.4. The molecule has 5 unspecified atom stereocenters. The molecule has 4 saturated carbocycles. The molecular formula is C26H35NO4. The van der Waals surface area contributed by atoms with Crippen molar-refractivity contribution in [3.8, 4) is 11.5 Å². The summed E-state index contributed by atoms with van der Waals surface area (Å²) in [6.07, 6.45) is 7.73. The van der Waals surface area contributed by atoms with Gasteiger partial charge in [0.1, 0.15) is 6.10 Å². The van der Waals surface area contributed by atoms with Crippen LogP contribution in [-0.2, 0) is 21.4 Å². The maximum absolute atomic E-state index is 9.98. The number of nitrogens with two attached hydrogens (primary N) is 1. The maximum atomic E-state index is 9.98. The van der Waals surface area contributed by atoms with E-state index in [1.807, 2.05) is 7.11 Å². The van der Waals surface area contributed by atoms with Gasteiger partial charge in [-0.05, 0) is 73.3 Å². The third-order valence-electron chi connectivity index (χ3n) is 8.97. The van der Waals surface area contributed by atoms with Crippen molar-refractivity contribution >= 4 is 5.91 Å². The van der Waals surface area contributed by atoms with E-state index < -0.39 is 0 Å². The first kappa shape index (κ1) is 20.9. The Morgan fingerprint density at radius 1 is 1.23 bits per heavy atom. The zero-order valence-electron chi connectivity index (χ0n) is 19.0. The highest BCUT2D eigenvalue weighted by Gasteiger charge is 2.79. The number of hydrogen-bond donors (Lipinski definition) is 1. The van der Waals surface area contributed by atoms with Crippen molar-refractivity contribution in [3.63, 3.8) is 0 Å². The SMILES string of the molecule is C=C.COc1ccc2c3c1O[C@H]1C(OC)[C@H](C)CC4C5CC5(C2)CC341.NC(=O)C1CC1. The molecule has 2 N–H and O–H groups in total. The number of rotatable bonds is 3. The highest BCUT2D eigenvalue weighted by Crippen LogP contribution is 2.81. The summed E-state index contributed by atoms with van der Waals surface area (Å²) >= 11 is 0. The molecule has 1 aromatic rings. The maximum Gasteiger partial charge on any atom is 0.220 e. The third kappa shape index (κ3) is 2.68. The van der Waals surface area contributed by atoms with E-state index in [0.717, 1.165) is 36.2 Å². The minimum atomic E-state index is -0.130. The first-order chi connectivity index (χ1) is 14.9. The van der Waals surface area contributed by atoms with Gasteiger partial charge in [-0.15, -0.1) is 13.2 Å². The number of ether oxygens (including phenoxy) is 3. The number of benzene rings is 1. The van der Waals surface area contributed by atoms with Gasteiger partial charge in [0, 0.05) is 24.0 Å². The van der Waals surface area contributed by atoms with Crippen molar-refractivity contribution < 1.29 is 19.0 Å². The molecule has 5 heteroatoms. The molecule has 0 saturated heterocycles. The molecule has 1 heterocycles. The quantitative estimate of drug-likeness (QED) is 0.743. The molecule has 2 spiro atoms. The Kier molecular flexibility index (Phi) is 4.71. The van der Waals surface area contributed by atoms with E-state index >= 15 is 0 Å². The van der Waals surface area contributed by atoms with Crippen LogP contribution in [0, 0.1) is 29.1 Å².